The molecule has 3 aromatic carbocycles. The molecule has 3 aromatic rings. The number of carbonyl (C=O) groups is 1. The van der Waals surface area contributed by atoms with Gasteiger partial charge in [0.05, 0.1) is 19.8 Å². The highest BCUT2D eigenvalue weighted by atomic mass is 16.7. The first-order valence-electron chi connectivity index (χ1n) is 7.27. The van der Waals surface area contributed by atoms with Crippen molar-refractivity contribution in [2.45, 2.75) is 0 Å². The average molecular weight is 326 g/mol. The molecule has 0 radical (unpaired) electrons. The Morgan fingerprint density at radius 2 is 1.54 bits per heavy atom. The third-order valence-electron chi connectivity index (χ3n) is 4.18. The summed E-state index contributed by atoms with van der Waals surface area (Å²) in [4.78, 5) is 11.7. The first kappa shape index (κ1) is 14.4. The van der Waals surface area contributed by atoms with Gasteiger partial charge in [-0.1, -0.05) is 0 Å². The fraction of sp³-hybridized carbons (Fsp3) is 0.167. The van der Waals surface area contributed by atoms with Crippen molar-refractivity contribution in [2.24, 2.45) is 0 Å². The van der Waals surface area contributed by atoms with Crippen LogP contribution < -0.4 is 18.9 Å². The highest BCUT2D eigenvalue weighted by Gasteiger charge is 2.20. The summed E-state index contributed by atoms with van der Waals surface area (Å²) in [5.74, 6) is 1.26. The third-order valence-corrected chi connectivity index (χ3v) is 4.18. The van der Waals surface area contributed by atoms with E-state index in [1.54, 1.807) is 38.5 Å². The number of aromatic carboxylic acids is 1. The molecule has 4 rings (SSSR count). The summed E-state index contributed by atoms with van der Waals surface area (Å²) in [6.07, 6.45) is 0. The van der Waals surface area contributed by atoms with Crippen LogP contribution in [0.4, 0.5) is 0 Å². The summed E-state index contributed by atoms with van der Waals surface area (Å²) in [5, 5.41) is 12.5. The molecule has 6 nitrogen and oxygen atoms in total. The Bertz CT molecular complexity index is 992. The number of carboxylic acid groups (broad SMARTS) is 1. The van der Waals surface area contributed by atoms with E-state index in [1.807, 2.05) is 6.07 Å². The molecule has 0 amide bonds. The first-order chi connectivity index (χ1) is 11.6. The van der Waals surface area contributed by atoms with Gasteiger partial charge < -0.3 is 24.1 Å². The molecular weight excluding hydrogens is 312 g/mol. The molecule has 0 bridgehead atoms. The molecule has 0 unspecified atom stereocenters. The fourth-order valence-electron chi connectivity index (χ4n) is 3.05. The zero-order chi connectivity index (χ0) is 16.8. The first-order valence-corrected chi connectivity index (χ1v) is 7.27. The Kier molecular flexibility index (Phi) is 3.13. The molecule has 0 fully saturated rings. The van der Waals surface area contributed by atoms with Crippen molar-refractivity contribution in [3.63, 3.8) is 0 Å². The molecule has 0 saturated carbocycles. The van der Waals surface area contributed by atoms with Crippen molar-refractivity contribution in [3.05, 3.63) is 35.9 Å². The van der Waals surface area contributed by atoms with E-state index in [2.05, 4.69) is 0 Å². The van der Waals surface area contributed by atoms with E-state index in [0.717, 1.165) is 16.2 Å². The zero-order valence-electron chi connectivity index (χ0n) is 13.1. The lowest BCUT2D eigenvalue weighted by molar-refractivity contribution is 0.0699. The Labute approximate surface area is 137 Å². The normalized spacial score (nSPS) is 12.6. The summed E-state index contributed by atoms with van der Waals surface area (Å²) in [7, 11) is 3.10. The van der Waals surface area contributed by atoms with E-state index in [1.165, 1.54) is 0 Å². The van der Waals surface area contributed by atoms with Gasteiger partial charge in [-0.2, -0.15) is 0 Å². The van der Waals surface area contributed by atoms with Crippen LogP contribution in [0.2, 0.25) is 0 Å². The topological polar surface area (TPSA) is 74.2 Å². The third kappa shape index (κ3) is 2.00. The predicted octanol–water partition coefficient (Wildman–Crippen LogP) is 3.44. The molecule has 1 N–H and O–H groups in total. The summed E-state index contributed by atoms with van der Waals surface area (Å²) >= 11 is 0. The van der Waals surface area contributed by atoms with E-state index in [-0.39, 0.29) is 12.4 Å². The molecule has 1 aliphatic heterocycles. The van der Waals surface area contributed by atoms with Gasteiger partial charge in [-0.15, -0.1) is 0 Å². The Hall–Kier alpha value is -3.15. The average Bonchev–Trinajstić information content (AvgIpc) is 3.05. The molecule has 0 aromatic heterocycles. The van der Waals surface area contributed by atoms with E-state index < -0.39 is 5.97 Å². The van der Waals surface area contributed by atoms with Gasteiger partial charge in [-0.3, -0.25) is 0 Å². The van der Waals surface area contributed by atoms with E-state index in [0.29, 0.717) is 28.4 Å². The van der Waals surface area contributed by atoms with Crippen LogP contribution in [-0.2, 0) is 0 Å². The molecule has 1 aliphatic rings. The minimum absolute atomic E-state index is 0.128. The van der Waals surface area contributed by atoms with Crippen LogP contribution in [-0.4, -0.2) is 32.1 Å². The van der Waals surface area contributed by atoms with Gasteiger partial charge in [0.25, 0.3) is 0 Å². The molecule has 6 heteroatoms. The van der Waals surface area contributed by atoms with E-state index >= 15 is 0 Å². The predicted molar refractivity (Wildman–Crippen MR) is 87.6 cm³/mol. The second-order valence-electron chi connectivity index (χ2n) is 5.41. The lowest BCUT2D eigenvalue weighted by atomic mass is 9.96. The number of benzene rings is 3. The van der Waals surface area contributed by atoms with Crippen molar-refractivity contribution in [2.75, 3.05) is 21.0 Å². The van der Waals surface area contributed by atoms with Gasteiger partial charge in [0, 0.05) is 5.39 Å². The van der Waals surface area contributed by atoms with E-state index in [4.69, 9.17) is 18.9 Å². The summed E-state index contributed by atoms with van der Waals surface area (Å²) in [5.41, 5.74) is 0.197. The molecule has 1 heterocycles. The molecule has 0 aliphatic carbocycles. The van der Waals surface area contributed by atoms with Crippen LogP contribution in [0.1, 0.15) is 10.4 Å². The van der Waals surface area contributed by atoms with Gasteiger partial charge in [-0.25, -0.2) is 4.79 Å². The number of rotatable bonds is 3. The second-order valence-corrected chi connectivity index (χ2v) is 5.41. The van der Waals surface area contributed by atoms with Crippen LogP contribution in [0.5, 0.6) is 23.0 Å². The van der Waals surface area contributed by atoms with Gasteiger partial charge in [0.15, 0.2) is 23.0 Å². The molecule has 0 spiro atoms. The Balaban J connectivity index is 2.16. The highest BCUT2D eigenvalue weighted by Crippen LogP contribution is 2.42. The maximum absolute atomic E-state index is 11.7. The number of hydrogen-bond donors (Lipinski definition) is 1. The minimum atomic E-state index is -1.00. The largest absolute Gasteiger partial charge is 0.493 e. The Morgan fingerprint density at radius 1 is 0.917 bits per heavy atom. The lowest BCUT2D eigenvalue weighted by Crippen LogP contribution is -1.99. The molecule has 122 valence electrons. The van der Waals surface area contributed by atoms with Crippen LogP contribution in [0.25, 0.3) is 21.5 Å². The minimum Gasteiger partial charge on any atom is -0.493 e. The quantitative estimate of drug-likeness (QED) is 0.743. The second kappa shape index (κ2) is 5.19. The maximum atomic E-state index is 11.7. The molecule has 24 heavy (non-hydrogen) atoms. The van der Waals surface area contributed by atoms with Gasteiger partial charge in [0.1, 0.15) is 0 Å². The Morgan fingerprint density at radius 3 is 2.17 bits per heavy atom. The van der Waals surface area contributed by atoms with Gasteiger partial charge >= 0.3 is 5.97 Å². The zero-order valence-corrected chi connectivity index (χ0v) is 13.1. The SMILES string of the molecule is COc1cc2cc(C(=O)O)c3cc4c(cc3c2cc1OC)OCO4. The highest BCUT2D eigenvalue weighted by molar-refractivity contribution is 6.17. The molecular formula is C18H14O6. The summed E-state index contributed by atoms with van der Waals surface area (Å²) in [6.45, 7) is 0.128. The number of fused-ring (bicyclic) bond motifs is 4. The molecule has 0 saturated heterocycles. The van der Waals surface area contributed by atoms with Crippen molar-refractivity contribution in [1.29, 1.82) is 0 Å². The van der Waals surface area contributed by atoms with Crippen LogP contribution in [0.15, 0.2) is 30.3 Å². The monoisotopic (exact) mass is 326 g/mol. The smallest absolute Gasteiger partial charge is 0.336 e. The fourth-order valence-corrected chi connectivity index (χ4v) is 3.05. The van der Waals surface area contributed by atoms with Crippen LogP contribution in [0, 0.1) is 0 Å². The van der Waals surface area contributed by atoms with Crippen molar-refractivity contribution >= 4 is 27.5 Å². The van der Waals surface area contributed by atoms with E-state index in [9.17, 15) is 9.90 Å². The standard InChI is InChI=1S/C18H14O6/c1-21-14-4-9-3-13(18(19)20)12-7-17-16(23-8-24-17)6-11(12)10(9)5-15(14)22-2/h3-7H,8H2,1-2H3,(H,19,20). The van der Waals surface area contributed by atoms with Crippen molar-refractivity contribution in [1.82, 2.24) is 0 Å². The number of hydrogen-bond acceptors (Lipinski definition) is 5. The lowest BCUT2D eigenvalue weighted by Gasteiger charge is -2.13. The number of carboxylic acids is 1. The van der Waals surface area contributed by atoms with Crippen molar-refractivity contribution < 1.29 is 28.8 Å². The van der Waals surface area contributed by atoms with Gasteiger partial charge in [-0.05, 0) is 46.5 Å². The van der Waals surface area contributed by atoms with Crippen LogP contribution >= 0.6 is 0 Å². The molecule has 0 atom stereocenters. The summed E-state index contributed by atoms with van der Waals surface area (Å²) < 4.78 is 21.5. The number of methoxy groups -OCH3 is 2. The summed E-state index contributed by atoms with van der Waals surface area (Å²) in [6, 6.07) is 8.74. The number of ether oxygens (including phenoxy) is 4. The maximum Gasteiger partial charge on any atom is 0.336 e. The van der Waals surface area contributed by atoms with Gasteiger partial charge in [0.2, 0.25) is 6.79 Å². The van der Waals surface area contributed by atoms with Crippen LogP contribution in [0.3, 0.4) is 0 Å². The van der Waals surface area contributed by atoms with Crippen molar-refractivity contribution in [3.8, 4) is 23.0 Å².